The number of anilines is 1. The highest BCUT2D eigenvalue weighted by molar-refractivity contribution is 9.10. The van der Waals surface area contributed by atoms with E-state index in [0.29, 0.717) is 12.3 Å². The van der Waals surface area contributed by atoms with Crippen LogP contribution in [0.15, 0.2) is 22.7 Å². The van der Waals surface area contributed by atoms with Gasteiger partial charge in [0, 0.05) is 40.5 Å². The van der Waals surface area contributed by atoms with Gasteiger partial charge in [0.1, 0.15) is 5.37 Å². The molecule has 7 heteroatoms. The average Bonchev–Trinajstić information content (AvgIpc) is 2.47. The summed E-state index contributed by atoms with van der Waals surface area (Å²) in [5, 5.41) is -0.447. The van der Waals surface area contributed by atoms with Crippen molar-refractivity contribution in [2.45, 2.75) is 18.8 Å². The van der Waals surface area contributed by atoms with Crippen LogP contribution in [0.2, 0.25) is 0 Å². The molecule has 112 valence electrons. The average molecular weight is 379 g/mol. The Balaban J connectivity index is 2.43. The second-order valence-corrected chi connectivity index (χ2v) is 9.16. The molecule has 1 aliphatic rings. The van der Waals surface area contributed by atoms with Crippen LogP contribution in [0, 0.1) is 0 Å². The van der Waals surface area contributed by atoms with Crippen LogP contribution in [0.3, 0.4) is 0 Å². The SMILES string of the molecule is CCS(=O)(=O)C1CSCCN1c1ccc(Br)cc1CN. The summed E-state index contributed by atoms with van der Waals surface area (Å²) < 4.78 is 25.6. The Hall–Kier alpha value is -0.240. The summed E-state index contributed by atoms with van der Waals surface area (Å²) in [6, 6.07) is 5.86. The minimum atomic E-state index is -3.10. The predicted octanol–water partition coefficient (Wildman–Crippen LogP) is 2.22. The number of benzene rings is 1. The minimum Gasteiger partial charge on any atom is -0.353 e. The van der Waals surface area contributed by atoms with Crippen molar-refractivity contribution in [1.29, 1.82) is 0 Å². The van der Waals surface area contributed by atoms with Gasteiger partial charge < -0.3 is 10.6 Å². The standard InChI is InChI=1S/C13H19BrN2O2S2/c1-2-20(17,18)13-9-19-6-5-16(13)12-4-3-11(14)7-10(12)8-15/h3-4,7,13H,2,5-6,8-9,15H2,1H3. The van der Waals surface area contributed by atoms with Crippen molar-refractivity contribution >= 4 is 43.2 Å². The van der Waals surface area contributed by atoms with Crippen molar-refractivity contribution in [1.82, 2.24) is 0 Å². The zero-order valence-corrected chi connectivity index (χ0v) is 14.6. The first-order valence-electron chi connectivity index (χ1n) is 6.54. The van der Waals surface area contributed by atoms with Crippen LogP contribution in [0.5, 0.6) is 0 Å². The van der Waals surface area contributed by atoms with Gasteiger partial charge in [-0.15, -0.1) is 0 Å². The van der Waals surface area contributed by atoms with Crippen molar-refractivity contribution < 1.29 is 8.42 Å². The summed E-state index contributed by atoms with van der Waals surface area (Å²) in [6.07, 6.45) is 0. The third kappa shape index (κ3) is 3.32. The first-order valence-corrected chi connectivity index (χ1v) is 10.2. The van der Waals surface area contributed by atoms with Gasteiger partial charge in [-0.1, -0.05) is 22.9 Å². The maximum atomic E-state index is 12.3. The Morgan fingerprint density at radius 3 is 2.90 bits per heavy atom. The number of nitrogens with two attached hydrogens (primary N) is 1. The molecule has 1 atom stereocenters. The molecule has 2 N–H and O–H groups in total. The van der Waals surface area contributed by atoms with Crippen molar-refractivity contribution in [3.63, 3.8) is 0 Å². The molecule has 1 aliphatic heterocycles. The van der Waals surface area contributed by atoms with E-state index in [0.717, 1.165) is 28.0 Å². The fourth-order valence-corrected chi connectivity index (χ4v) is 5.74. The maximum absolute atomic E-state index is 12.3. The lowest BCUT2D eigenvalue weighted by molar-refractivity contribution is 0.579. The van der Waals surface area contributed by atoms with Crippen LogP contribution in [0.25, 0.3) is 0 Å². The fourth-order valence-electron chi connectivity index (χ4n) is 2.34. The normalized spacial score (nSPS) is 20.1. The lowest BCUT2D eigenvalue weighted by atomic mass is 10.1. The number of halogens is 1. The molecule has 1 aromatic carbocycles. The van der Waals surface area contributed by atoms with Gasteiger partial charge in [0.15, 0.2) is 9.84 Å². The molecule has 0 bridgehead atoms. The highest BCUT2D eigenvalue weighted by Gasteiger charge is 2.33. The van der Waals surface area contributed by atoms with Crippen LogP contribution in [0.4, 0.5) is 5.69 Å². The van der Waals surface area contributed by atoms with Gasteiger partial charge in [-0.2, -0.15) is 11.8 Å². The first-order chi connectivity index (χ1) is 9.49. The number of thioether (sulfide) groups is 1. The quantitative estimate of drug-likeness (QED) is 0.869. The number of hydrogen-bond donors (Lipinski definition) is 1. The van der Waals surface area contributed by atoms with Crippen molar-refractivity contribution in [2.24, 2.45) is 5.73 Å². The molecule has 1 aromatic rings. The van der Waals surface area contributed by atoms with Crippen LogP contribution >= 0.6 is 27.7 Å². The van der Waals surface area contributed by atoms with E-state index in [-0.39, 0.29) is 5.75 Å². The molecule has 0 amide bonds. The number of sulfone groups is 1. The Labute approximate surface area is 133 Å². The van der Waals surface area contributed by atoms with E-state index in [2.05, 4.69) is 15.9 Å². The second kappa shape index (κ2) is 6.68. The van der Waals surface area contributed by atoms with Gasteiger partial charge in [0.25, 0.3) is 0 Å². The zero-order valence-electron chi connectivity index (χ0n) is 11.4. The molecule has 1 heterocycles. The van der Waals surface area contributed by atoms with Crippen molar-refractivity contribution in [2.75, 3.05) is 28.7 Å². The molecule has 0 radical (unpaired) electrons. The second-order valence-electron chi connectivity index (χ2n) is 4.65. The van der Waals surface area contributed by atoms with Gasteiger partial charge >= 0.3 is 0 Å². The van der Waals surface area contributed by atoms with E-state index in [4.69, 9.17) is 5.73 Å². The number of hydrogen-bond acceptors (Lipinski definition) is 5. The zero-order chi connectivity index (χ0) is 14.8. The summed E-state index contributed by atoms with van der Waals surface area (Å²) in [4.78, 5) is 2.00. The van der Waals surface area contributed by atoms with Gasteiger partial charge in [0.05, 0.1) is 0 Å². The molecule has 20 heavy (non-hydrogen) atoms. The first kappa shape index (κ1) is 16.1. The lowest BCUT2D eigenvalue weighted by Gasteiger charge is -2.37. The monoisotopic (exact) mass is 378 g/mol. The highest BCUT2D eigenvalue weighted by Crippen LogP contribution is 2.31. The molecule has 1 fully saturated rings. The molecule has 1 saturated heterocycles. The molecule has 4 nitrogen and oxygen atoms in total. The van der Waals surface area contributed by atoms with Crippen LogP contribution in [-0.4, -0.2) is 37.6 Å². The summed E-state index contributed by atoms with van der Waals surface area (Å²) in [5.74, 6) is 1.73. The number of nitrogens with zero attached hydrogens (tertiary/aromatic N) is 1. The Kier molecular flexibility index (Phi) is 5.39. The van der Waals surface area contributed by atoms with Crippen molar-refractivity contribution in [3.8, 4) is 0 Å². The predicted molar refractivity (Wildman–Crippen MR) is 90.0 cm³/mol. The van der Waals surface area contributed by atoms with Crippen molar-refractivity contribution in [3.05, 3.63) is 28.2 Å². The molecule has 0 aliphatic carbocycles. The minimum absolute atomic E-state index is 0.170. The van der Waals surface area contributed by atoms with E-state index in [1.54, 1.807) is 18.7 Å². The Morgan fingerprint density at radius 1 is 1.50 bits per heavy atom. The summed E-state index contributed by atoms with van der Waals surface area (Å²) >= 11 is 5.13. The molecule has 0 spiro atoms. The molecular weight excluding hydrogens is 360 g/mol. The number of rotatable bonds is 4. The van der Waals surface area contributed by atoms with Gasteiger partial charge in [-0.05, 0) is 23.8 Å². The van der Waals surface area contributed by atoms with E-state index >= 15 is 0 Å². The molecule has 2 rings (SSSR count). The third-order valence-electron chi connectivity index (χ3n) is 3.47. The fraction of sp³-hybridized carbons (Fsp3) is 0.538. The molecular formula is C13H19BrN2O2S2. The summed E-state index contributed by atoms with van der Waals surface area (Å²) in [5.41, 5.74) is 7.73. The van der Waals surface area contributed by atoms with E-state index in [9.17, 15) is 8.42 Å². The summed E-state index contributed by atoms with van der Waals surface area (Å²) in [7, 11) is -3.10. The van der Waals surface area contributed by atoms with Gasteiger partial charge in [0.2, 0.25) is 0 Å². The van der Waals surface area contributed by atoms with E-state index < -0.39 is 15.2 Å². The lowest BCUT2D eigenvalue weighted by Crippen LogP contribution is -2.48. The van der Waals surface area contributed by atoms with Crippen LogP contribution < -0.4 is 10.6 Å². The summed E-state index contributed by atoms with van der Waals surface area (Å²) in [6.45, 7) is 2.85. The van der Waals surface area contributed by atoms with Crippen LogP contribution in [-0.2, 0) is 16.4 Å². The Morgan fingerprint density at radius 2 is 2.25 bits per heavy atom. The van der Waals surface area contributed by atoms with Gasteiger partial charge in [-0.3, -0.25) is 0 Å². The van der Waals surface area contributed by atoms with E-state index in [1.165, 1.54) is 0 Å². The van der Waals surface area contributed by atoms with Gasteiger partial charge in [-0.25, -0.2) is 8.42 Å². The smallest absolute Gasteiger partial charge is 0.171 e. The third-order valence-corrected chi connectivity index (χ3v) is 7.25. The Bertz CT molecular complexity index is 578. The molecule has 1 unspecified atom stereocenters. The maximum Gasteiger partial charge on any atom is 0.171 e. The topological polar surface area (TPSA) is 63.4 Å². The highest BCUT2D eigenvalue weighted by atomic mass is 79.9. The molecule has 0 saturated carbocycles. The largest absolute Gasteiger partial charge is 0.353 e. The molecule has 0 aromatic heterocycles. The van der Waals surface area contributed by atoms with Crippen LogP contribution in [0.1, 0.15) is 12.5 Å². The van der Waals surface area contributed by atoms with E-state index in [1.807, 2.05) is 23.1 Å².